The van der Waals surface area contributed by atoms with E-state index in [1.165, 1.54) is 0 Å². The Kier molecular flexibility index (Phi) is 5.76. The zero-order valence-corrected chi connectivity index (χ0v) is 16.9. The summed E-state index contributed by atoms with van der Waals surface area (Å²) in [5.74, 6) is 1.26. The molecule has 1 saturated heterocycles. The third-order valence-corrected chi connectivity index (χ3v) is 5.45. The second-order valence-corrected chi connectivity index (χ2v) is 7.50. The van der Waals surface area contributed by atoms with Crippen LogP contribution in [0.5, 0.6) is 5.75 Å². The highest BCUT2D eigenvalue weighted by molar-refractivity contribution is 5.79. The van der Waals surface area contributed by atoms with Crippen LogP contribution in [0.3, 0.4) is 0 Å². The average molecular weight is 393 g/mol. The van der Waals surface area contributed by atoms with Gasteiger partial charge in [-0.1, -0.05) is 12.1 Å². The number of hydrogen-bond acceptors (Lipinski definition) is 5. The topological polar surface area (TPSA) is 81.1 Å². The number of methoxy groups -OCH3 is 1. The number of amides is 1. The fraction of sp³-hybridized carbons (Fsp3) is 0.409. The monoisotopic (exact) mass is 393 g/mol. The lowest BCUT2D eigenvalue weighted by Gasteiger charge is -2.09. The fourth-order valence-corrected chi connectivity index (χ4v) is 3.98. The van der Waals surface area contributed by atoms with E-state index in [2.05, 4.69) is 21.7 Å². The summed E-state index contributed by atoms with van der Waals surface area (Å²) in [4.78, 5) is 16.9. The molecular weight excluding hydrogens is 366 g/mol. The Labute approximate surface area is 170 Å². The fourth-order valence-electron chi connectivity index (χ4n) is 3.98. The maximum absolute atomic E-state index is 12.4. The molecule has 1 fully saturated rings. The molecule has 0 spiro atoms. The van der Waals surface area contributed by atoms with Crippen LogP contribution in [-0.4, -0.2) is 47.4 Å². The third kappa shape index (κ3) is 4.24. The van der Waals surface area contributed by atoms with E-state index in [4.69, 9.17) is 9.84 Å². The number of nitrogens with one attached hydrogen (secondary N) is 2. The first kappa shape index (κ1) is 19.4. The molecule has 7 heteroatoms. The highest BCUT2D eigenvalue weighted by Crippen LogP contribution is 2.27. The molecule has 1 atom stereocenters. The molecule has 1 aliphatic rings. The van der Waals surface area contributed by atoms with Gasteiger partial charge in [0.05, 0.1) is 25.8 Å². The molecule has 1 amide bonds. The van der Waals surface area contributed by atoms with Gasteiger partial charge >= 0.3 is 0 Å². The van der Waals surface area contributed by atoms with Crippen molar-refractivity contribution in [2.45, 2.75) is 32.2 Å². The van der Waals surface area contributed by atoms with Crippen molar-refractivity contribution >= 4 is 16.9 Å². The number of carbonyl (C=O) groups excluding carboxylic acids is 1. The Morgan fingerprint density at radius 3 is 3.03 bits per heavy atom. The normalized spacial score (nSPS) is 16.3. The van der Waals surface area contributed by atoms with Crippen molar-refractivity contribution in [3.05, 3.63) is 53.3 Å². The molecule has 1 aromatic carbocycles. The average Bonchev–Trinajstić information content (AvgIpc) is 3.36. The summed E-state index contributed by atoms with van der Waals surface area (Å²) in [5, 5.41) is 12.3. The first-order valence-electron chi connectivity index (χ1n) is 10.1. The molecule has 3 heterocycles. The van der Waals surface area contributed by atoms with Crippen LogP contribution in [-0.2, 0) is 17.8 Å². The Morgan fingerprint density at radius 1 is 1.38 bits per heavy atom. The first-order chi connectivity index (χ1) is 14.2. The molecule has 7 nitrogen and oxygen atoms in total. The number of benzene rings is 1. The Bertz CT molecular complexity index is 1010. The molecule has 0 unspecified atom stereocenters. The van der Waals surface area contributed by atoms with Crippen molar-refractivity contribution in [3.8, 4) is 5.75 Å². The minimum atomic E-state index is -0.000737. The molecule has 2 N–H and O–H groups in total. The van der Waals surface area contributed by atoms with Crippen molar-refractivity contribution in [2.24, 2.45) is 0 Å². The predicted octanol–water partition coefficient (Wildman–Crippen LogP) is 2.18. The van der Waals surface area contributed by atoms with E-state index in [1.54, 1.807) is 13.3 Å². The molecule has 0 radical (unpaired) electrons. The van der Waals surface area contributed by atoms with Crippen LogP contribution in [0.4, 0.5) is 0 Å². The van der Waals surface area contributed by atoms with E-state index in [0.29, 0.717) is 25.4 Å². The van der Waals surface area contributed by atoms with Gasteiger partial charge in [0, 0.05) is 30.6 Å². The van der Waals surface area contributed by atoms with Gasteiger partial charge in [0.15, 0.2) is 5.65 Å². The van der Waals surface area contributed by atoms with Crippen LogP contribution in [0.15, 0.2) is 36.5 Å². The van der Waals surface area contributed by atoms with Gasteiger partial charge in [0.2, 0.25) is 5.91 Å². The molecule has 0 saturated carbocycles. The highest BCUT2D eigenvalue weighted by atomic mass is 16.5. The van der Waals surface area contributed by atoms with Crippen molar-refractivity contribution in [1.29, 1.82) is 0 Å². The van der Waals surface area contributed by atoms with E-state index >= 15 is 0 Å². The maximum atomic E-state index is 12.4. The van der Waals surface area contributed by atoms with Crippen LogP contribution in [0.25, 0.3) is 11.0 Å². The van der Waals surface area contributed by atoms with Crippen molar-refractivity contribution in [2.75, 3.05) is 26.7 Å². The summed E-state index contributed by atoms with van der Waals surface area (Å²) in [6.45, 7) is 5.08. The van der Waals surface area contributed by atoms with E-state index in [0.717, 1.165) is 53.1 Å². The van der Waals surface area contributed by atoms with Gasteiger partial charge in [-0.2, -0.15) is 5.10 Å². The second-order valence-electron chi connectivity index (χ2n) is 7.50. The lowest BCUT2D eigenvalue weighted by atomic mass is 10.0. The van der Waals surface area contributed by atoms with Gasteiger partial charge in [0.1, 0.15) is 5.75 Å². The number of nitrogens with zero attached hydrogens (tertiary/aromatic N) is 3. The van der Waals surface area contributed by atoms with Crippen LogP contribution in [0, 0.1) is 6.92 Å². The summed E-state index contributed by atoms with van der Waals surface area (Å²) in [6.07, 6.45) is 3.24. The second kappa shape index (κ2) is 8.61. The predicted molar refractivity (Wildman–Crippen MR) is 112 cm³/mol. The SMILES string of the molecule is COc1ccc(CC(=O)NCCn2nc([C@@H]3CCNC3)c3cccnc32)cc1C. The molecule has 29 heavy (non-hydrogen) atoms. The molecule has 152 valence electrons. The summed E-state index contributed by atoms with van der Waals surface area (Å²) in [7, 11) is 1.65. The van der Waals surface area contributed by atoms with E-state index in [-0.39, 0.29) is 5.91 Å². The molecule has 0 bridgehead atoms. The molecule has 1 aliphatic heterocycles. The maximum Gasteiger partial charge on any atom is 0.224 e. The number of hydrogen-bond donors (Lipinski definition) is 2. The number of ether oxygens (including phenoxy) is 1. The van der Waals surface area contributed by atoms with Crippen LogP contribution < -0.4 is 15.4 Å². The standard InChI is InChI=1S/C22H27N5O2/c1-15-12-16(5-6-19(15)29-2)13-20(28)24-10-11-27-22-18(4-3-8-25-22)21(26-27)17-7-9-23-14-17/h3-6,8,12,17,23H,7,9-11,13-14H2,1-2H3,(H,24,28)/t17-/m1/s1. The van der Waals surface area contributed by atoms with Crippen LogP contribution >= 0.6 is 0 Å². The summed E-state index contributed by atoms with van der Waals surface area (Å²) >= 11 is 0. The van der Waals surface area contributed by atoms with Crippen molar-refractivity contribution < 1.29 is 9.53 Å². The third-order valence-electron chi connectivity index (χ3n) is 5.45. The number of aryl methyl sites for hydroxylation is 1. The first-order valence-corrected chi connectivity index (χ1v) is 10.1. The van der Waals surface area contributed by atoms with Gasteiger partial charge in [-0.05, 0) is 49.2 Å². The van der Waals surface area contributed by atoms with Gasteiger partial charge < -0.3 is 15.4 Å². The number of carbonyl (C=O) groups is 1. The van der Waals surface area contributed by atoms with Gasteiger partial charge in [-0.15, -0.1) is 0 Å². The Balaban J connectivity index is 1.38. The van der Waals surface area contributed by atoms with Gasteiger partial charge in [-0.3, -0.25) is 4.79 Å². The molecular formula is C22H27N5O2. The van der Waals surface area contributed by atoms with Crippen molar-refractivity contribution in [3.63, 3.8) is 0 Å². The smallest absolute Gasteiger partial charge is 0.224 e. The zero-order valence-electron chi connectivity index (χ0n) is 16.9. The van der Waals surface area contributed by atoms with E-state index in [9.17, 15) is 4.79 Å². The van der Waals surface area contributed by atoms with Gasteiger partial charge in [0.25, 0.3) is 0 Å². The Hall–Kier alpha value is -2.93. The quantitative estimate of drug-likeness (QED) is 0.643. The molecule has 4 rings (SSSR count). The van der Waals surface area contributed by atoms with Crippen LogP contribution in [0.2, 0.25) is 0 Å². The number of fused-ring (bicyclic) bond motifs is 1. The largest absolute Gasteiger partial charge is 0.496 e. The summed E-state index contributed by atoms with van der Waals surface area (Å²) in [6, 6.07) is 9.87. The molecule has 0 aliphatic carbocycles. The van der Waals surface area contributed by atoms with Crippen molar-refractivity contribution in [1.82, 2.24) is 25.4 Å². The summed E-state index contributed by atoms with van der Waals surface area (Å²) in [5.41, 5.74) is 4.00. The number of rotatable bonds is 7. The van der Waals surface area contributed by atoms with E-state index < -0.39 is 0 Å². The Morgan fingerprint density at radius 2 is 2.28 bits per heavy atom. The number of aromatic nitrogens is 3. The van der Waals surface area contributed by atoms with Crippen LogP contribution in [0.1, 0.15) is 29.2 Å². The molecule has 2 aromatic heterocycles. The minimum Gasteiger partial charge on any atom is -0.496 e. The van der Waals surface area contributed by atoms with E-state index in [1.807, 2.05) is 35.9 Å². The lowest BCUT2D eigenvalue weighted by Crippen LogP contribution is -2.29. The lowest BCUT2D eigenvalue weighted by molar-refractivity contribution is -0.120. The summed E-state index contributed by atoms with van der Waals surface area (Å²) < 4.78 is 7.19. The molecule has 3 aromatic rings. The zero-order chi connectivity index (χ0) is 20.2. The highest BCUT2D eigenvalue weighted by Gasteiger charge is 2.23. The number of pyridine rings is 1. The van der Waals surface area contributed by atoms with Gasteiger partial charge in [-0.25, -0.2) is 9.67 Å². The minimum absolute atomic E-state index is 0.000737.